The van der Waals surface area contributed by atoms with Crippen molar-refractivity contribution in [3.63, 3.8) is 0 Å². The Morgan fingerprint density at radius 3 is 2.50 bits per heavy atom. The molecule has 4 heteroatoms. The third-order valence-electron chi connectivity index (χ3n) is 3.36. The van der Waals surface area contributed by atoms with Crippen LogP contribution in [0.2, 0.25) is 0 Å². The molecule has 2 aromatic rings. The molecular weight excluding hydrogens is 252 g/mol. The van der Waals surface area contributed by atoms with Crippen LogP contribution in [0.25, 0.3) is 0 Å². The molecule has 1 heterocycles. The van der Waals surface area contributed by atoms with Crippen LogP contribution < -0.4 is 15.4 Å². The van der Waals surface area contributed by atoms with Crippen LogP contribution in [0.5, 0.6) is 11.5 Å². The van der Waals surface area contributed by atoms with Gasteiger partial charge in [-0.1, -0.05) is 24.3 Å². The zero-order valence-corrected chi connectivity index (χ0v) is 11.0. The molecule has 1 atom stereocenters. The summed E-state index contributed by atoms with van der Waals surface area (Å²) in [4.78, 5) is 13.6. The molecule has 0 aromatic heterocycles. The number of hydrogen-bond acceptors (Lipinski definition) is 3. The molecule has 1 saturated heterocycles. The molecule has 1 aliphatic rings. The van der Waals surface area contributed by atoms with Gasteiger partial charge >= 0.3 is 0 Å². The number of ether oxygens (including phenoxy) is 1. The zero-order valence-electron chi connectivity index (χ0n) is 11.0. The maximum absolute atomic E-state index is 11.9. The summed E-state index contributed by atoms with van der Waals surface area (Å²) >= 11 is 0. The number of nitrogens with zero attached hydrogens (tertiary/aromatic N) is 1. The van der Waals surface area contributed by atoms with Gasteiger partial charge in [0.2, 0.25) is 5.91 Å². The highest BCUT2D eigenvalue weighted by Crippen LogP contribution is 2.28. The van der Waals surface area contributed by atoms with Gasteiger partial charge in [0.1, 0.15) is 11.5 Å². The van der Waals surface area contributed by atoms with Crippen molar-refractivity contribution >= 4 is 11.6 Å². The van der Waals surface area contributed by atoms with Crippen molar-refractivity contribution in [2.45, 2.75) is 12.5 Å². The average Bonchev–Trinajstić information content (AvgIpc) is 2.80. The molecule has 2 aromatic carbocycles. The fraction of sp³-hybridized carbons (Fsp3) is 0.188. The fourth-order valence-electron chi connectivity index (χ4n) is 2.30. The molecular formula is C16H16N2O2. The highest BCUT2D eigenvalue weighted by molar-refractivity contribution is 5.99. The molecule has 0 aliphatic carbocycles. The number of para-hydroxylation sites is 1. The van der Waals surface area contributed by atoms with Crippen molar-refractivity contribution in [1.29, 1.82) is 0 Å². The zero-order chi connectivity index (χ0) is 13.9. The van der Waals surface area contributed by atoms with Crippen molar-refractivity contribution in [3.8, 4) is 11.5 Å². The lowest BCUT2D eigenvalue weighted by atomic mass is 10.2. The molecule has 1 amide bonds. The van der Waals surface area contributed by atoms with Crippen LogP contribution in [0.4, 0.5) is 5.69 Å². The second-order valence-corrected chi connectivity index (χ2v) is 4.80. The summed E-state index contributed by atoms with van der Waals surface area (Å²) in [6.07, 6.45) is 0.697. The van der Waals surface area contributed by atoms with E-state index in [1.807, 2.05) is 54.6 Å². The number of rotatable bonds is 3. The molecule has 4 nitrogen and oxygen atoms in total. The Hall–Kier alpha value is -2.33. The normalized spacial score (nSPS) is 18.4. The molecule has 1 fully saturated rings. The van der Waals surface area contributed by atoms with Crippen LogP contribution in [-0.4, -0.2) is 18.5 Å². The number of amides is 1. The van der Waals surface area contributed by atoms with Crippen LogP contribution in [0.15, 0.2) is 54.6 Å². The highest BCUT2D eigenvalue weighted by atomic mass is 16.5. The Morgan fingerprint density at radius 1 is 1.05 bits per heavy atom. The first-order valence-corrected chi connectivity index (χ1v) is 6.64. The van der Waals surface area contributed by atoms with Gasteiger partial charge in [-0.05, 0) is 30.7 Å². The molecule has 102 valence electrons. The van der Waals surface area contributed by atoms with Crippen molar-refractivity contribution in [2.24, 2.45) is 5.73 Å². The van der Waals surface area contributed by atoms with Crippen LogP contribution in [-0.2, 0) is 4.79 Å². The van der Waals surface area contributed by atoms with Gasteiger partial charge in [0, 0.05) is 18.3 Å². The number of carbonyl (C=O) groups excluding carboxylic acids is 1. The van der Waals surface area contributed by atoms with Gasteiger partial charge in [0.05, 0.1) is 6.04 Å². The van der Waals surface area contributed by atoms with Crippen LogP contribution >= 0.6 is 0 Å². The number of nitrogens with two attached hydrogens (primary N) is 1. The molecule has 1 aliphatic heterocycles. The standard InChI is InChI=1S/C16H16N2O2/c17-15-9-10-18(16(15)19)12-5-4-8-14(11-12)20-13-6-2-1-3-7-13/h1-8,11,15H,9-10,17H2. The van der Waals surface area contributed by atoms with E-state index in [1.165, 1.54) is 0 Å². The first-order valence-electron chi connectivity index (χ1n) is 6.64. The minimum absolute atomic E-state index is 0.0261. The average molecular weight is 268 g/mol. The van der Waals surface area contributed by atoms with Gasteiger partial charge in [-0.15, -0.1) is 0 Å². The number of hydrogen-bond donors (Lipinski definition) is 1. The van der Waals surface area contributed by atoms with E-state index >= 15 is 0 Å². The summed E-state index contributed by atoms with van der Waals surface area (Å²) in [6.45, 7) is 0.661. The molecule has 20 heavy (non-hydrogen) atoms. The van der Waals surface area contributed by atoms with Crippen molar-refractivity contribution in [1.82, 2.24) is 0 Å². The number of anilines is 1. The van der Waals surface area contributed by atoms with Crippen molar-refractivity contribution in [2.75, 3.05) is 11.4 Å². The van der Waals surface area contributed by atoms with E-state index in [0.717, 1.165) is 11.4 Å². The second-order valence-electron chi connectivity index (χ2n) is 4.80. The van der Waals surface area contributed by atoms with Crippen LogP contribution in [0, 0.1) is 0 Å². The maximum Gasteiger partial charge on any atom is 0.243 e. The molecule has 1 unspecified atom stereocenters. The van der Waals surface area contributed by atoms with Gasteiger partial charge in [-0.2, -0.15) is 0 Å². The Morgan fingerprint density at radius 2 is 1.80 bits per heavy atom. The monoisotopic (exact) mass is 268 g/mol. The summed E-state index contributed by atoms with van der Waals surface area (Å²) in [5.74, 6) is 1.46. The third-order valence-corrected chi connectivity index (χ3v) is 3.36. The Balaban J connectivity index is 1.81. The maximum atomic E-state index is 11.9. The lowest BCUT2D eigenvalue weighted by Crippen LogP contribution is -2.33. The van der Waals surface area contributed by atoms with Crippen molar-refractivity contribution in [3.05, 3.63) is 54.6 Å². The minimum atomic E-state index is -0.381. The minimum Gasteiger partial charge on any atom is -0.457 e. The summed E-state index contributed by atoms with van der Waals surface area (Å²) in [7, 11) is 0. The smallest absolute Gasteiger partial charge is 0.243 e. The third kappa shape index (κ3) is 2.51. The fourth-order valence-corrected chi connectivity index (χ4v) is 2.30. The predicted octanol–water partition coefficient (Wildman–Crippen LogP) is 2.54. The van der Waals surface area contributed by atoms with E-state index < -0.39 is 0 Å². The number of carbonyl (C=O) groups is 1. The van der Waals surface area contributed by atoms with Crippen LogP contribution in [0.3, 0.4) is 0 Å². The van der Waals surface area contributed by atoms with E-state index in [0.29, 0.717) is 18.7 Å². The van der Waals surface area contributed by atoms with E-state index in [1.54, 1.807) is 4.90 Å². The number of benzene rings is 2. The van der Waals surface area contributed by atoms with Gasteiger partial charge in [-0.3, -0.25) is 4.79 Å². The largest absolute Gasteiger partial charge is 0.457 e. The lowest BCUT2D eigenvalue weighted by Gasteiger charge is -2.17. The Bertz CT molecular complexity index is 613. The van der Waals surface area contributed by atoms with Gasteiger partial charge in [0.25, 0.3) is 0 Å². The van der Waals surface area contributed by atoms with Crippen molar-refractivity contribution < 1.29 is 9.53 Å². The second kappa shape index (κ2) is 5.35. The van der Waals surface area contributed by atoms with Gasteiger partial charge in [0.15, 0.2) is 0 Å². The first kappa shape index (κ1) is 12.7. The van der Waals surface area contributed by atoms with E-state index in [4.69, 9.17) is 10.5 Å². The lowest BCUT2D eigenvalue weighted by molar-refractivity contribution is -0.118. The van der Waals surface area contributed by atoms with E-state index in [2.05, 4.69) is 0 Å². The topological polar surface area (TPSA) is 55.6 Å². The van der Waals surface area contributed by atoms with Gasteiger partial charge in [-0.25, -0.2) is 0 Å². The summed E-state index contributed by atoms with van der Waals surface area (Å²) in [6, 6.07) is 16.7. The molecule has 0 bridgehead atoms. The van der Waals surface area contributed by atoms with E-state index in [9.17, 15) is 4.79 Å². The molecule has 3 rings (SSSR count). The Kier molecular flexibility index (Phi) is 3.39. The predicted molar refractivity (Wildman–Crippen MR) is 77.9 cm³/mol. The summed E-state index contributed by atoms with van der Waals surface area (Å²) < 4.78 is 5.77. The molecule has 0 radical (unpaired) electrons. The quantitative estimate of drug-likeness (QED) is 0.930. The summed E-state index contributed by atoms with van der Waals surface area (Å²) in [5.41, 5.74) is 6.58. The Labute approximate surface area is 117 Å². The summed E-state index contributed by atoms with van der Waals surface area (Å²) in [5, 5.41) is 0. The molecule has 0 saturated carbocycles. The molecule has 2 N–H and O–H groups in total. The molecule has 0 spiro atoms. The van der Waals surface area contributed by atoms with Gasteiger partial charge < -0.3 is 15.4 Å². The highest BCUT2D eigenvalue weighted by Gasteiger charge is 2.29. The van der Waals surface area contributed by atoms with Crippen LogP contribution in [0.1, 0.15) is 6.42 Å². The SMILES string of the molecule is NC1CCN(c2cccc(Oc3ccccc3)c2)C1=O. The first-order chi connectivity index (χ1) is 9.74. The van der Waals surface area contributed by atoms with E-state index in [-0.39, 0.29) is 11.9 Å².